The highest BCUT2D eigenvalue weighted by atomic mass is 16.6. The molecule has 1 heterocycles. The van der Waals surface area contributed by atoms with Gasteiger partial charge in [0, 0.05) is 25.4 Å². The van der Waals surface area contributed by atoms with Crippen LogP contribution in [0.4, 0.5) is 0 Å². The highest BCUT2D eigenvalue weighted by Gasteiger charge is 2.41. The summed E-state index contributed by atoms with van der Waals surface area (Å²) in [6.07, 6.45) is 0.522. The summed E-state index contributed by atoms with van der Waals surface area (Å²) in [6.45, 7) is 8.95. The number of nitrogens with two attached hydrogens (primary N) is 1. The lowest BCUT2D eigenvalue weighted by molar-refractivity contribution is -0.158. The van der Waals surface area contributed by atoms with E-state index in [0.717, 1.165) is 15.8 Å². The Balaban J connectivity index is 1.60. The number of methoxy groups -OCH3 is 1. The number of amides is 4. The molecule has 0 aliphatic carbocycles. The van der Waals surface area contributed by atoms with Gasteiger partial charge in [0.05, 0.1) is 24.3 Å². The van der Waals surface area contributed by atoms with Crippen molar-refractivity contribution in [2.24, 2.45) is 11.7 Å². The van der Waals surface area contributed by atoms with E-state index in [2.05, 4.69) is 5.32 Å². The van der Waals surface area contributed by atoms with E-state index < -0.39 is 53.3 Å². The molecule has 4 amide bonds. The van der Waals surface area contributed by atoms with Crippen LogP contribution < -0.4 is 15.8 Å². The molecule has 3 atom stereocenters. The number of esters is 1. The number of carbonyl (C=O) groups excluding carboxylic acids is 5. The molecule has 0 fully saturated rings. The second-order valence-electron chi connectivity index (χ2n) is 13.6. The molecule has 1 aliphatic rings. The lowest BCUT2D eigenvalue weighted by atomic mass is 9.98. The van der Waals surface area contributed by atoms with E-state index in [1.54, 1.807) is 26.8 Å². The summed E-state index contributed by atoms with van der Waals surface area (Å²) in [4.78, 5) is 69.9. The Hall–Kier alpha value is -4.77. The number of imide groups is 1. The van der Waals surface area contributed by atoms with Crippen LogP contribution in [0.1, 0.15) is 73.7 Å². The first-order valence-corrected chi connectivity index (χ1v) is 16.2. The summed E-state index contributed by atoms with van der Waals surface area (Å²) in [5.41, 5.74) is 6.16. The number of ether oxygens (including phenoxy) is 2. The maximum atomic E-state index is 14.0. The second kappa shape index (κ2) is 15.0. The van der Waals surface area contributed by atoms with Crippen LogP contribution in [0.2, 0.25) is 0 Å². The molecule has 0 spiro atoms. The van der Waals surface area contributed by atoms with Gasteiger partial charge in [0.1, 0.15) is 23.4 Å². The Bertz CT molecular complexity index is 1680. The van der Waals surface area contributed by atoms with Gasteiger partial charge in [-0.3, -0.25) is 34.2 Å². The van der Waals surface area contributed by atoms with E-state index in [4.69, 9.17) is 15.2 Å². The average molecular weight is 659 g/mol. The summed E-state index contributed by atoms with van der Waals surface area (Å²) in [5, 5.41) is 4.64. The Labute approximate surface area is 281 Å². The Morgan fingerprint density at radius 1 is 0.958 bits per heavy atom. The van der Waals surface area contributed by atoms with E-state index in [1.807, 2.05) is 68.4 Å². The zero-order valence-electron chi connectivity index (χ0n) is 28.7. The van der Waals surface area contributed by atoms with Crippen molar-refractivity contribution in [1.29, 1.82) is 0 Å². The Kier molecular flexibility index (Phi) is 11.3. The third-order valence-corrected chi connectivity index (χ3v) is 8.30. The number of nitrogens with zero attached hydrogens (tertiary/aromatic N) is 2. The van der Waals surface area contributed by atoms with Crippen molar-refractivity contribution < 1.29 is 33.4 Å². The summed E-state index contributed by atoms with van der Waals surface area (Å²) in [6, 6.07) is 15.4. The van der Waals surface area contributed by atoms with Gasteiger partial charge in [-0.15, -0.1) is 0 Å². The molecular weight excluding hydrogens is 612 g/mol. The van der Waals surface area contributed by atoms with Crippen molar-refractivity contribution in [2.45, 2.75) is 77.6 Å². The molecule has 0 aromatic heterocycles. The summed E-state index contributed by atoms with van der Waals surface area (Å²) in [5.74, 6) is -2.40. The van der Waals surface area contributed by atoms with Crippen molar-refractivity contribution in [3.8, 4) is 5.75 Å². The van der Waals surface area contributed by atoms with Gasteiger partial charge in [0.2, 0.25) is 11.8 Å². The average Bonchev–Trinajstić information content (AvgIpc) is 3.26. The normalized spacial score (nSPS) is 14.9. The summed E-state index contributed by atoms with van der Waals surface area (Å²) in [7, 11) is 2.98. The first-order valence-electron chi connectivity index (χ1n) is 16.2. The fraction of sp³-hybridized carbons (Fsp3) is 0.432. The van der Waals surface area contributed by atoms with Crippen LogP contribution in [-0.4, -0.2) is 83.8 Å². The van der Waals surface area contributed by atoms with Gasteiger partial charge in [-0.2, -0.15) is 0 Å². The van der Waals surface area contributed by atoms with Crippen LogP contribution in [0.3, 0.4) is 0 Å². The SMILES string of the molecule is COc1c2c(cc3ccccc13)C(=O)N(CC[C@@H](N[C@@H](CC(C)C)C(=O)N(C)[C@@H](Cc1ccccc1)C(N)=O)C(=O)OC(C)(C)C)C2=O. The van der Waals surface area contributed by atoms with Crippen molar-refractivity contribution in [3.63, 3.8) is 0 Å². The molecule has 0 radical (unpaired) electrons. The molecule has 11 heteroatoms. The van der Waals surface area contributed by atoms with Crippen LogP contribution >= 0.6 is 0 Å². The van der Waals surface area contributed by atoms with Gasteiger partial charge in [-0.1, -0.05) is 68.4 Å². The summed E-state index contributed by atoms with van der Waals surface area (Å²) >= 11 is 0. The van der Waals surface area contributed by atoms with Crippen LogP contribution in [-0.2, 0) is 25.5 Å². The molecule has 0 saturated carbocycles. The minimum absolute atomic E-state index is 0.0260. The number of fused-ring (bicyclic) bond motifs is 2. The predicted octanol–water partition coefficient (Wildman–Crippen LogP) is 4.10. The minimum atomic E-state index is -1.07. The van der Waals surface area contributed by atoms with E-state index in [1.165, 1.54) is 19.1 Å². The van der Waals surface area contributed by atoms with Gasteiger partial charge in [-0.25, -0.2) is 0 Å². The molecule has 11 nitrogen and oxygen atoms in total. The number of primary amides is 1. The molecule has 0 unspecified atom stereocenters. The van der Waals surface area contributed by atoms with Crippen LogP contribution in [0, 0.1) is 5.92 Å². The number of hydrogen-bond acceptors (Lipinski definition) is 8. The lowest BCUT2D eigenvalue weighted by Crippen LogP contribution is -2.57. The van der Waals surface area contributed by atoms with Crippen molar-refractivity contribution in [3.05, 3.63) is 77.4 Å². The predicted molar refractivity (Wildman–Crippen MR) is 182 cm³/mol. The fourth-order valence-electron chi connectivity index (χ4n) is 6.00. The minimum Gasteiger partial charge on any atom is -0.495 e. The topological polar surface area (TPSA) is 148 Å². The number of hydrogen-bond donors (Lipinski definition) is 2. The second-order valence-corrected chi connectivity index (χ2v) is 13.6. The maximum absolute atomic E-state index is 14.0. The Morgan fingerprint density at radius 3 is 2.21 bits per heavy atom. The number of rotatable bonds is 14. The monoisotopic (exact) mass is 658 g/mol. The van der Waals surface area contributed by atoms with Crippen LogP contribution in [0.25, 0.3) is 10.8 Å². The zero-order chi connectivity index (χ0) is 35.3. The number of likely N-dealkylation sites (N-methyl/N-ethyl adjacent to an activating group) is 1. The third kappa shape index (κ3) is 8.20. The van der Waals surface area contributed by atoms with Gasteiger partial charge in [0.15, 0.2) is 0 Å². The molecule has 48 heavy (non-hydrogen) atoms. The van der Waals surface area contributed by atoms with Crippen LogP contribution in [0.5, 0.6) is 5.75 Å². The summed E-state index contributed by atoms with van der Waals surface area (Å²) < 4.78 is 11.3. The van der Waals surface area contributed by atoms with Gasteiger partial charge >= 0.3 is 5.97 Å². The molecule has 3 aromatic carbocycles. The zero-order valence-corrected chi connectivity index (χ0v) is 28.7. The van der Waals surface area contributed by atoms with Crippen LogP contribution in [0.15, 0.2) is 60.7 Å². The number of nitrogens with one attached hydrogen (secondary N) is 1. The molecule has 256 valence electrons. The number of carbonyl (C=O) groups is 5. The fourth-order valence-corrected chi connectivity index (χ4v) is 6.00. The molecule has 1 aliphatic heterocycles. The van der Waals surface area contributed by atoms with E-state index in [0.29, 0.717) is 17.6 Å². The third-order valence-electron chi connectivity index (χ3n) is 8.30. The van der Waals surface area contributed by atoms with Gasteiger partial charge in [0.25, 0.3) is 11.8 Å². The first-order chi connectivity index (χ1) is 22.6. The number of benzene rings is 3. The smallest absolute Gasteiger partial charge is 0.323 e. The Morgan fingerprint density at radius 2 is 1.60 bits per heavy atom. The molecule has 4 rings (SSSR count). The highest BCUT2D eigenvalue weighted by molar-refractivity contribution is 6.25. The van der Waals surface area contributed by atoms with Crippen molar-refractivity contribution in [1.82, 2.24) is 15.1 Å². The van der Waals surface area contributed by atoms with Gasteiger partial charge < -0.3 is 20.1 Å². The van der Waals surface area contributed by atoms with E-state index in [9.17, 15) is 24.0 Å². The van der Waals surface area contributed by atoms with Gasteiger partial charge in [-0.05, 0) is 56.5 Å². The molecular formula is C37H46N4O7. The molecule has 0 bridgehead atoms. The lowest BCUT2D eigenvalue weighted by Gasteiger charge is -2.33. The first kappa shape index (κ1) is 36.1. The molecule has 3 aromatic rings. The largest absolute Gasteiger partial charge is 0.495 e. The standard InChI is InChI=1S/C37H46N4O7/c1-22(2)19-28(34(44)40(6)29(32(38)42)20-23-13-9-8-10-14-23)39-27(36(46)48-37(3,4)5)17-18-41-33(43)26-21-24-15-11-12-16-25(24)31(47-7)30(26)35(41)45/h8-16,21-22,27-29,39H,17-20H2,1-7H3,(H2,38,42)/t27-,28+,29+/m1/s1. The quantitative estimate of drug-likeness (QED) is 0.194. The van der Waals surface area contributed by atoms with E-state index in [-0.39, 0.29) is 36.4 Å². The molecule has 0 saturated heterocycles. The highest BCUT2D eigenvalue weighted by Crippen LogP contribution is 2.38. The van der Waals surface area contributed by atoms with Crippen molar-refractivity contribution >= 4 is 40.4 Å². The molecule has 3 N–H and O–H groups in total. The van der Waals surface area contributed by atoms with Crippen molar-refractivity contribution in [2.75, 3.05) is 20.7 Å². The maximum Gasteiger partial charge on any atom is 0.323 e. The van der Waals surface area contributed by atoms with E-state index >= 15 is 0 Å².